The highest BCUT2D eigenvalue weighted by Gasteiger charge is 2.00. The SMILES string of the molecule is B/C(=C\C(=O)O)C(=O)O. The summed E-state index contributed by atoms with van der Waals surface area (Å²) in [6.07, 6.45) is 0.641. The van der Waals surface area contributed by atoms with Crippen LogP contribution in [0.3, 0.4) is 0 Å². The van der Waals surface area contributed by atoms with E-state index in [1.165, 1.54) is 7.85 Å². The molecular formula is C4H5BO4. The molecule has 0 aliphatic heterocycles. The van der Waals surface area contributed by atoms with Gasteiger partial charge in [-0.3, -0.25) is 0 Å². The molecule has 0 heterocycles. The van der Waals surface area contributed by atoms with Crippen LogP contribution in [0.4, 0.5) is 0 Å². The molecular weight excluding hydrogens is 123 g/mol. The van der Waals surface area contributed by atoms with Crippen molar-refractivity contribution < 1.29 is 19.8 Å². The number of carboxylic acid groups (broad SMARTS) is 2. The van der Waals surface area contributed by atoms with Gasteiger partial charge in [-0.15, -0.1) is 0 Å². The van der Waals surface area contributed by atoms with Crippen molar-refractivity contribution in [2.75, 3.05) is 0 Å². The minimum absolute atomic E-state index is 0.178. The van der Waals surface area contributed by atoms with E-state index in [0.29, 0.717) is 6.08 Å². The van der Waals surface area contributed by atoms with Crippen molar-refractivity contribution in [2.24, 2.45) is 0 Å². The summed E-state index contributed by atoms with van der Waals surface area (Å²) in [5.41, 5.74) is -0.178. The summed E-state index contributed by atoms with van der Waals surface area (Å²) in [6, 6.07) is 0. The van der Waals surface area contributed by atoms with Gasteiger partial charge >= 0.3 is 11.9 Å². The van der Waals surface area contributed by atoms with Crippen LogP contribution in [-0.4, -0.2) is 30.0 Å². The zero-order valence-electron chi connectivity index (χ0n) is 4.79. The summed E-state index contributed by atoms with van der Waals surface area (Å²) in [4.78, 5) is 19.7. The molecule has 0 aliphatic carbocycles. The highest BCUT2D eigenvalue weighted by molar-refractivity contribution is 6.36. The van der Waals surface area contributed by atoms with Crippen LogP contribution in [0, 0.1) is 0 Å². The van der Waals surface area contributed by atoms with E-state index >= 15 is 0 Å². The lowest BCUT2D eigenvalue weighted by atomic mass is 9.96. The van der Waals surface area contributed by atoms with Crippen LogP contribution in [0.15, 0.2) is 11.5 Å². The molecule has 0 aromatic rings. The fourth-order valence-corrected chi connectivity index (χ4v) is 0.247. The van der Waals surface area contributed by atoms with Crippen LogP contribution in [-0.2, 0) is 9.59 Å². The number of carbonyl (C=O) groups is 2. The predicted molar refractivity (Wildman–Crippen MR) is 31.9 cm³/mol. The van der Waals surface area contributed by atoms with Crippen LogP contribution in [0.5, 0.6) is 0 Å². The second-order valence-electron chi connectivity index (χ2n) is 1.47. The smallest absolute Gasteiger partial charge is 0.327 e. The topological polar surface area (TPSA) is 74.6 Å². The Labute approximate surface area is 52.2 Å². The highest BCUT2D eigenvalue weighted by atomic mass is 16.4. The van der Waals surface area contributed by atoms with Gasteiger partial charge in [0.2, 0.25) is 0 Å². The third-order valence-electron chi connectivity index (χ3n) is 0.677. The first-order valence-corrected chi connectivity index (χ1v) is 2.18. The van der Waals surface area contributed by atoms with Gasteiger partial charge < -0.3 is 10.2 Å². The second kappa shape index (κ2) is 2.91. The molecule has 0 radical (unpaired) electrons. The Morgan fingerprint density at radius 3 is 1.89 bits per heavy atom. The minimum atomic E-state index is -1.24. The number of carboxylic acids is 2. The van der Waals surface area contributed by atoms with E-state index in [1.807, 2.05) is 0 Å². The third-order valence-corrected chi connectivity index (χ3v) is 0.677. The summed E-state index contributed by atoms with van der Waals surface area (Å²) in [6.45, 7) is 0. The van der Waals surface area contributed by atoms with Crippen LogP contribution in [0.1, 0.15) is 0 Å². The molecule has 2 N–H and O–H groups in total. The summed E-state index contributed by atoms with van der Waals surface area (Å²) in [5, 5.41) is 16.1. The monoisotopic (exact) mass is 128 g/mol. The number of hydrogen-bond donors (Lipinski definition) is 2. The molecule has 0 aromatic heterocycles. The Balaban J connectivity index is 4.17. The van der Waals surface area contributed by atoms with Gasteiger partial charge in [-0.2, -0.15) is 0 Å². The minimum Gasteiger partial charge on any atom is -0.478 e. The molecule has 0 aliphatic rings. The van der Waals surface area contributed by atoms with E-state index in [4.69, 9.17) is 10.2 Å². The summed E-state index contributed by atoms with van der Waals surface area (Å²) in [7, 11) is 1.22. The van der Waals surface area contributed by atoms with Gasteiger partial charge in [-0.1, -0.05) is 0 Å². The molecule has 0 atom stereocenters. The normalized spacial score (nSPS) is 10.9. The fraction of sp³-hybridized carbons (Fsp3) is 0. The van der Waals surface area contributed by atoms with Crippen LogP contribution in [0.25, 0.3) is 0 Å². The van der Waals surface area contributed by atoms with E-state index in [0.717, 1.165) is 0 Å². The lowest BCUT2D eigenvalue weighted by molar-refractivity contribution is -0.134. The first-order valence-electron chi connectivity index (χ1n) is 2.18. The maximum absolute atomic E-state index is 9.90. The van der Waals surface area contributed by atoms with Crippen LogP contribution >= 0.6 is 0 Å². The molecule has 0 bridgehead atoms. The lowest BCUT2D eigenvalue weighted by Crippen LogP contribution is -2.02. The van der Waals surface area contributed by atoms with Gasteiger partial charge in [0.15, 0.2) is 0 Å². The van der Waals surface area contributed by atoms with Crippen molar-refractivity contribution in [3.63, 3.8) is 0 Å². The van der Waals surface area contributed by atoms with Gasteiger partial charge in [-0.05, 0) is 0 Å². The zero-order chi connectivity index (χ0) is 7.44. The first kappa shape index (κ1) is 7.74. The molecule has 0 saturated carbocycles. The molecule has 48 valence electrons. The van der Waals surface area contributed by atoms with Crippen molar-refractivity contribution in [3.8, 4) is 0 Å². The number of hydrogen-bond acceptors (Lipinski definition) is 2. The Kier molecular flexibility index (Phi) is 2.51. The predicted octanol–water partition coefficient (Wildman–Crippen LogP) is -1.33. The Hall–Kier alpha value is -1.26. The van der Waals surface area contributed by atoms with Crippen LogP contribution in [0.2, 0.25) is 0 Å². The van der Waals surface area contributed by atoms with E-state index in [2.05, 4.69) is 0 Å². The maximum Gasteiger partial charge on any atom is 0.327 e. The van der Waals surface area contributed by atoms with Crippen molar-refractivity contribution in [3.05, 3.63) is 11.5 Å². The third kappa shape index (κ3) is 3.34. The van der Waals surface area contributed by atoms with E-state index in [1.54, 1.807) is 0 Å². The molecule has 5 heteroatoms. The average molecular weight is 128 g/mol. The quantitative estimate of drug-likeness (QED) is 0.357. The average Bonchev–Trinajstić information content (AvgIpc) is 1.63. The fourth-order valence-electron chi connectivity index (χ4n) is 0.247. The Morgan fingerprint density at radius 2 is 1.78 bits per heavy atom. The van der Waals surface area contributed by atoms with Gasteiger partial charge in [0, 0.05) is 11.5 Å². The van der Waals surface area contributed by atoms with Gasteiger partial charge in [0.1, 0.15) is 7.85 Å². The van der Waals surface area contributed by atoms with E-state index in [-0.39, 0.29) is 5.47 Å². The van der Waals surface area contributed by atoms with Crippen molar-refractivity contribution in [2.45, 2.75) is 0 Å². The highest BCUT2D eigenvalue weighted by Crippen LogP contribution is 1.84. The molecule has 0 saturated heterocycles. The van der Waals surface area contributed by atoms with Crippen molar-refractivity contribution >= 4 is 19.8 Å². The first-order chi connectivity index (χ1) is 4.04. The van der Waals surface area contributed by atoms with Gasteiger partial charge in [0.05, 0.1) is 0 Å². The zero-order valence-corrected chi connectivity index (χ0v) is 4.79. The standard InChI is InChI=1S/C4H5BO4/c5-2(4(8)9)1-3(6)7/h1H,5H2,(H,6,7)(H,8,9)/b2-1-. The molecule has 4 nitrogen and oxygen atoms in total. The molecule has 0 amide bonds. The van der Waals surface area contributed by atoms with Crippen molar-refractivity contribution in [1.82, 2.24) is 0 Å². The van der Waals surface area contributed by atoms with E-state index in [9.17, 15) is 9.59 Å². The van der Waals surface area contributed by atoms with Gasteiger partial charge in [-0.25, -0.2) is 9.59 Å². The number of aliphatic carboxylic acids is 2. The second-order valence-corrected chi connectivity index (χ2v) is 1.47. The molecule has 0 aromatic carbocycles. The maximum atomic E-state index is 9.90. The lowest BCUT2D eigenvalue weighted by Gasteiger charge is -1.86. The molecule has 9 heavy (non-hydrogen) atoms. The van der Waals surface area contributed by atoms with Crippen LogP contribution < -0.4 is 0 Å². The van der Waals surface area contributed by atoms with Crippen molar-refractivity contribution in [1.29, 1.82) is 0 Å². The summed E-state index contributed by atoms with van der Waals surface area (Å²) in [5.74, 6) is -2.45. The number of rotatable bonds is 2. The molecule has 0 spiro atoms. The van der Waals surface area contributed by atoms with E-state index < -0.39 is 11.9 Å². The Morgan fingerprint density at radius 1 is 1.33 bits per heavy atom. The largest absolute Gasteiger partial charge is 0.478 e. The summed E-state index contributed by atoms with van der Waals surface area (Å²) < 4.78 is 0. The van der Waals surface area contributed by atoms with Gasteiger partial charge in [0.25, 0.3) is 0 Å². The molecule has 0 rings (SSSR count). The Bertz CT molecular complexity index is 171. The summed E-state index contributed by atoms with van der Waals surface area (Å²) >= 11 is 0. The molecule has 0 fully saturated rings. The molecule has 0 unspecified atom stereocenters.